The van der Waals surface area contributed by atoms with Gasteiger partial charge in [-0.25, -0.2) is 15.8 Å². The highest BCUT2D eigenvalue weighted by Crippen LogP contribution is 2.39. The second-order valence-corrected chi connectivity index (χ2v) is 8.87. The lowest BCUT2D eigenvalue weighted by molar-refractivity contribution is 0.355. The van der Waals surface area contributed by atoms with Crippen molar-refractivity contribution >= 4 is 16.6 Å². The van der Waals surface area contributed by atoms with Gasteiger partial charge in [0.15, 0.2) is 0 Å². The van der Waals surface area contributed by atoms with Crippen LogP contribution in [0.15, 0.2) is 15.7 Å². The molecular weight excluding hydrogens is 373 g/mol. The molecule has 2 heterocycles. The first kappa shape index (κ1) is 19.6. The fourth-order valence-corrected chi connectivity index (χ4v) is 4.57. The summed E-state index contributed by atoms with van der Waals surface area (Å²) in [7, 11) is 0. The predicted octanol–water partition coefficient (Wildman–Crippen LogP) is 2.32. The monoisotopic (exact) mass is 399 g/mol. The molecule has 7 nitrogen and oxygen atoms in total. The maximum absolute atomic E-state index is 15.1. The van der Waals surface area contributed by atoms with Crippen LogP contribution in [0, 0.1) is 25.2 Å². The summed E-state index contributed by atoms with van der Waals surface area (Å²) in [6, 6.07) is 0.977. The van der Waals surface area contributed by atoms with Crippen LogP contribution in [0.5, 0.6) is 0 Å². The zero-order valence-electron chi connectivity index (χ0n) is 17.0. The molecule has 2 fully saturated rings. The van der Waals surface area contributed by atoms with E-state index in [1.165, 1.54) is 6.07 Å². The van der Waals surface area contributed by atoms with Crippen molar-refractivity contribution in [2.45, 2.75) is 57.7 Å². The fourth-order valence-electron chi connectivity index (χ4n) is 4.57. The van der Waals surface area contributed by atoms with Crippen LogP contribution in [0.1, 0.15) is 44.7 Å². The lowest BCUT2D eigenvalue weighted by Gasteiger charge is -2.27. The van der Waals surface area contributed by atoms with Gasteiger partial charge in [0.05, 0.1) is 22.6 Å². The van der Waals surface area contributed by atoms with E-state index >= 15 is 4.39 Å². The quantitative estimate of drug-likeness (QED) is 0.773. The molecule has 1 aromatic heterocycles. The van der Waals surface area contributed by atoms with Gasteiger partial charge >= 0.3 is 5.69 Å². The van der Waals surface area contributed by atoms with Gasteiger partial charge in [-0.05, 0) is 32.3 Å². The van der Waals surface area contributed by atoms with Gasteiger partial charge < -0.3 is 15.5 Å². The third-order valence-electron chi connectivity index (χ3n) is 6.45. The highest BCUT2D eigenvalue weighted by Gasteiger charge is 2.42. The molecule has 2 aromatic rings. The number of hydrogen-bond donors (Lipinski definition) is 2. The Bertz CT molecular complexity index is 1140. The number of nitrogens with zero attached hydrogens (tertiary/aromatic N) is 3. The zero-order chi connectivity index (χ0) is 21.1. The molecule has 8 heteroatoms. The maximum atomic E-state index is 15.1. The topological polar surface area (TPSA) is 88.5 Å². The van der Waals surface area contributed by atoms with E-state index in [4.69, 9.17) is 12.3 Å². The predicted molar refractivity (Wildman–Crippen MR) is 111 cm³/mol. The highest BCUT2D eigenvalue weighted by molar-refractivity contribution is 5.87. The van der Waals surface area contributed by atoms with Crippen LogP contribution in [0.4, 0.5) is 10.1 Å². The van der Waals surface area contributed by atoms with Gasteiger partial charge in [-0.3, -0.25) is 14.3 Å². The van der Waals surface area contributed by atoms with E-state index in [-0.39, 0.29) is 23.4 Å². The van der Waals surface area contributed by atoms with Crippen LogP contribution in [0.2, 0.25) is 0 Å². The van der Waals surface area contributed by atoms with E-state index in [1.807, 2.05) is 18.7 Å². The Kier molecular flexibility index (Phi) is 4.54. The summed E-state index contributed by atoms with van der Waals surface area (Å²) in [6.07, 6.45) is 2.51. The van der Waals surface area contributed by atoms with Crippen LogP contribution < -0.4 is 21.9 Å². The van der Waals surface area contributed by atoms with Crippen LogP contribution >= 0.6 is 0 Å². The number of nitrogens with two attached hydrogens (primary N) is 1. The van der Waals surface area contributed by atoms with Crippen molar-refractivity contribution in [2.75, 3.05) is 18.0 Å². The van der Waals surface area contributed by atoms with Crippen molar-refractivity contribution < 1.29 is 4.39 Å². The number of benzene rings is 1. The van der Waals surface area contributed by atoms with Crippen LogP contribution in [0.25, 0.3) is 15.7 Å². The van der Waals surface area contributed by atoms with E-state index in [1.54, 1.807) is 11.5 Å². The summed E-state index contributed by atoms with van der Waals surface area (Å²) < 4.78 is 16.7. The van der Waals surface area contributed by atoms with Gasteiger partial charge in [0.2, 0.25) is 5.54 Å². The van der Waals surface area contributed by atoms with Gasteiger partial charge in [0.25, 0.3) is 5.56 Å². The number of aromatic nitrogens is 2. The molecule has 1 saturated heterocycles. The second kappa shape index (κ2) is 6.70. The molecule has 0 bridgehead atoms. The molecule has 4 rings (SSSR count). The van der Waals surface area contributed by atoms with E-state index in [2.05, 4.69) is 9.83 Å². The first-order chi connectivity index (χ1) is 13.7. The Labute approximate surface area is 168 Å². The van der Waals surface area contributed by atoms with E-state index in [0.717, 1.165) is 19.3 Å². The molecule has 0 radical (unpaired) electrons. The Hall–Kier alpha value is -2.66. The Balaban J connectivity index is 1.80. The Morgan fingerprint density at radius 1 is 1.34 bits per heavy atom. The summed E-state index contributed by atoms with van der Waals surface area (Å²) in [5.74, 6) is -0.404. The molecule has 2 unspecified atom stereocenters. The van der Waals surface area contributed by atoms with E-state index in [9.17, 15) is 9.59 Å². The van der Waals surface area contributed by atoms with Crippen molar-refractivity contribution in [2.24, 2.45) is 11.7 Å². The largest absolute Gasteiger partial charge is 0.369 e. The first-order valence-corrected chi connectivity index (χ1v) is 10.0. The number of anilines is 1. The summed E-state index contributed by atoms with van der Waals surface area (Å²) in [5.41, 5.74) is 6.23. The molecule has 3 N–H and O–H groups in total. The van der Waals surface area contributed by atoms with Crippen LogP contribution in [-0.2, 0) is 0 Å². The lowest BCUT2D eigenvalue weighted by Crippen LogP contribution is -2.47. The standard InChI is InChI=1S/C21H26FN5O2/c1-11-16-14(19(28)25-20(29)27(16)13-5-6-13)9-15(22)17(11)26-8-7-12(10-26)18(23)21(2,3)24-4/h9,12-13,18H,5-8,10,23H2,1-3H3,(H,25,28,29). The molecule has 1 saturated carbocycles. The first-order valence-electron chi connectivity index (χ1n) is 10.0. The molecule has 1 aliphatic heterocycles. The normalized spacial score (nSPS) is 20.8. The third-order valence-corrected chi connectivity index (χ3v) is 6.45. The van der Waals surface area contributed by atoms with Gasteiger partial charge in [-0.1, -0.05) is 0 Å². The van der Waals surface area contributed by atoms with Gasteiger partial charge in [-0.15, -0.1) is 0 Å². The zero-order valence-corrected chi connectivity index (χ0v) is 17.0. The summed E-state index contributed by atoms with van der Waals surface area (Å²) in [6.45, 7) is 14.0. The molecule has 154 valence electrons. The number of H-pyrrole nitrogens is 1. The summed E-state index contributed by atoms with van der Waals surface area (Å²) in [4.78, 5) is 32.7. The average molecular weight is 399 g/mol. The molecule has 2 aliphatic rings. The number of aryl methyl sites for hydroxylation is 1. The van der Waals surface area contributed by atoms with Crippen molar-refractivity contribution in [3.63, 3.8) is 0 Å². The molecule has 1 aromatic carbocycles. The molecule has 1 aliphatic carbocycles. The molecule has 0 amide bonds. The minimum absolute atomic E-state index is 0.0538. The number of fused-ring (bicyclic) bond motifs is 1. The molecule has 2 atom stereocenters. The van der Waals surface area contributed by atoms with E-state index < -0.39 is 22.6 Å². The number of nitrogens with one attached hydrogen (secondary N) is 1. The van der Waals surface area contributed by atoms with Crippen LogP contribution in [-0.4, -0.2) is 34.2 Å². The lowest BCUT2D eigenvalue weighted by atomic mass is 9.85. The summed E-state index contributed by atoms with van der Waals surface area (Å²) >= 11 is 0. The number of rotatable bonds is 4. The van der Waals surface area contributed by atoms with E-state index in [0.29, 0.717) is 29.9 Å². The van der Waals surface area contributed by atoms with Gasteiger partial charge in [0.1, 0.15) is 5.82 Å². The highest BCUT2D eigenvalue weighted by atomic mass is 19.1. The van der Waals surface area contributed by atoms with Crippen molar-refractivity contribution in [1.29, 1.82) is 0 Å². The fraction of sp³-hybridized carbons (Fsp3) is 0.571. The third kappa shape index (κ3) is 3.14. The second-order valence-electron chi connectivity index (χ2n) is 8.87. The number of aromatic amines is 1. The minimum atomic E-state index is -0.683. The van der Waals surface area contributed by atoms with Gasteiger partial charge in [0, 0.05) is 44.5 Å². The van der Waals surface area contributed by atoms with Crippen molar-refractivity contribution in [3.8, 4) is 0 Å². The Morgan fingerprint density at radius 3 is 2.66 bits per heavy atom. The number of hydrogen-bond acceptors (Lipinski definition) is 4. The minimum Gasteiger partial charge on any atom is -0.369 e. The molecule has 29 heavy (non-hydrogen) atoms. The smallest absolute Gasteiger partial charge is 0.329 e. The molecule has 0 spiro atoms. The van der Waals surface area contributed by atoms with Crippen LogP contribution in [0.3, 0.4) is 0 Å². The summed E-state index contributed by atoms with van der Waals surface area (Å²) in [5, 5.41) is 0.205. The Morgan fingerprint density at radius 2 is 2.03 bits per heavy atom. The number of halogens is 1. The van der Waals surface area contributed by atoms with Gasteiger partial charge in [-0.2, -0.15) is 0 Å². The average Bonchev–Trinajstić information content (AvgIpc) is 3.39. The molecular formula is C21H26FN5O2. The van der Waals surface area contributed by atoms with Crippen molar-refractivity contribution in [3.05, 3.63) is 49.7 Å². The van der Waals surface area contributed by atoms with Crippen molar-refractivity contribution in [1.82, 2.24) is 9.55 Å². The maximum Gasteiger partial charge on any atom is 0.329 e. The SMILES string of the molecule is [C-]#[N+]C(C)(C)C(N)C1CCN(c2c(F)cc3c(=O)[nH]c(=O)n(C4CC4)c3c2C)C1.